The van der Waals surface area contributed by atoms with E-state index in [2.05, 4.69) is 15.6 Å². The smallest absolute Gasteiger partial charge is 0.271 e. The second-order valence-electron chi connectivity index (χ2n) is 5.59. The molecule has 1 aliphatic rings. The molecule has 1 amide bonds. The molecule has 2 aromatic rings. The molecule has 0 unspecified atom stereocenters. The largest absolute Gasteiger partial charge is 0.381 e. The van der Waals surface area contributed by atoms with Crippen molar-refractivity contribution in [1.29, 1.82) is 0 Å². The van der Waals surface area contributed by atoms with Crippen LogP contribution in [0.3, 0.4) is 0 Å². The number of nitrogens with one attached hydrogen (secondary N) is 2. The molecular formula is C18H15ClN4O3. The Hall–Kier alpha value is -3.19. The number of nitro groups is 1. The van der Waals surface area contributed by atoms with E-state index < -0.39 is 4.92 Å². The molecule has 0 aromatic heterocycles. The number of fused-ring (bicyclic) bond motifs is 1. The maximum absolute atomic E-state index is 12.1. The van der Waals surface area contributed by atoms with Crippen molar-refractivity contribution >= 4 is 46.9 Å². The van der Waals surface area contributed by atoms with E-state index >= 15 is 0 Å². The molecule has 0 saturated carbocycles. The average molecular weight is 371 g/mol. The van der Waals surface area contributed by atoms with Gasteiger partial charge in [0.15, 0.2) is 0 Å². The third-order valence-electron chi connectivity index (χ3n) is 3.74. The highest BCUT2D eigenvalue weighted by Gasteiger charge is 2.16. The standard InChI is InChI=1S/C18H15ClN4O3/c19-15-4-2-1-3-12(15)5-8-18(24)22-13-10-20-16-7-6-14(23(25)26)9-17(16)21-11-13/h1-10,13,21H,11H2,(H,22,24)/b8-5-/t13-/m0/s1. The monoisotopic (exact) mass is 370 g/mol. The summed E-state index contributed by atoms with van der Waals surface area (Å²) in [6.45, 7) is 0.364. The number of rotatable bonds is 4. The summed E-state index contributed by atoms with van der Waals surface area (Å²) in [7, 11) is 0. The Morgan fingerprint density at radius 1 is 1.35 bits per heavy atom. The van der Waals surface area contributed by atoms with E-state index in [0.717, 1.165) is 5.56 Å². The molecule has 0 aliphatic carbocycles. The summed E-state index contributed by atoms with van der Waals surface area (Å²) < 4.78 is 0. The number of nitro benzene ring substituents is 1. The minimum Gasteiger partial charge on any atom is -0.381 e. The van der Waals surface area contributed by atoms with E-state index in [0.29, 0.717) is 22.9 Å². The Morgan fingerprint density at radius 3 is 2.92 bits per heavy atom. The summed E-state index contributed by atoms with van der Waals surface area (Å²) in [5.74, 6) is -0.292. The molecule has 0 bridgehead atoms. The fourth-order valence-electron chi connectivity index (χ4n) is 2.43. The lowest BCUT2D eigenvalue weighted by Gasteiger charge is -2.12. The lowest BCUT2D eigenvalue weighted by molar-refractivity contribution is -0.384. The molecule has 1 aliphatic heterocycles. The molecule has 1 heterocycles. The van der Waals surface area contributed by atoms with Crippen LogP contribution in [-0.4, -0.2) is 29.6 Å². The summed E-state index contributed by atoms with van der Waals surface area (Å²) in [6.07, 6.45) is 4.64. The number of carbonyl (C=O) groups is 1. The first-order chi connectivity index (χ1) is 12.5. The van der Waals surface area contributed by atoms with Crippen LogP contribution in [0, 0.1) is 10.1 Å². The first-order valence-corrected chi connectivity index (χ1v) is 8.20. The molecule has 0 saturated heterocycles. The molecule has 0 fully saturated rings. The molecule has 8 heteroatoms. The molecule has 0 radical (unpaired) electrons. The number of hydrogen-bond acceptors (Lipinski definition) is 5. The molecule has 26 heavy (non-hydrogen) atoms. The normalized spacial score (nSPS) is 15.8. The van der Waals surface area contributed by atoms with Gasteiger partial charge in [-0.15, -0.1) is 0 Å². The predicted octanol–water partition coefficient (Wildman–Crippen LogP) is 3.57. The van der Waals surface area contributed by atoms with Crippen LogP contribution in [0.1, 0.15) is 5.56 Å². The van der Waals surface area contributed by atoms with Gasteiger partial charge in [0.1, 0.15) is 0 Å². The molecule has 2 N–H and O–H groups in total. The van der Waals surface area contributed by atoms with Crippen LogP contribution in [-0.2, 0) is 4.79 Å². The van der Waals surface area contributed by atoms with E-state index in [4.69, 9.17) is 11.6 Å². The Labute approximate surface area is 154 Å². The number of non-ortho nitro benzene ring substituents is 1. The van der Waals surface area contributed by atoms with E-state index in [-0.39, 0.29) is 17.6 Å². The van der Waals surface area contributed by atoms with Crippen LogP contribution in [0.2, 0.25) is 5.02 Å². The fraction of sp³-hybridized carbons (Fsp3) is 0.111. The number of hydrogen-bond donors (Lipinski definition) is 2. The highest BCUT2D eigenvalue weighted by molar-refractivity contribution is 6.32. The van der Waals surface area contributed by atoms with Gasteiger partial charge in [-0.25, -0.2) is 0 Å². The van der Waals surface area contributed by atoms with E-state index in [1.54, 1.807) is 24.4 Å². The topological polar surface area (TPSA) is 96.6 Å². The third-order valence-corrected chi connectivity index (χ3v) is 4.09. The molecule has 0 spiro atoms. The highest BCUT2D eigenvalue weighted by Crippen LogP contribution is 2.30. The molecule has 132 valence electrons. The SMILES string of the molecule is O=C(/C=C\c1ccccc1Cl)N[C@H]1C=Nc2ccc([N+](=O)[O-])cc2NC1. The Bertz CT molecular complexity index is 911. The number of aliphatic imine (C=N–C) groups is 1. The quantitative estimate of drug-likeness (QED) is 0.488. The van der Waals surface area contributed by atoms with E-state index in [9.17, 15) is 14.9 Å². The van der Waals surface area contributed by atoms with Crippen LogP contribution in [0.15, 0.2) is 53.5 Å². The van der Waals surface area contributed by atoms with Gasteiger partial charge in [0, 0.05) is 36.0 Å². The van der Waals surface area contributed by atoms with Crippen molar-refractivity contribution < 1.29 is 9.72 Å². The minimum absolute atomic E-state index is 0.0170. The van der Waals surface area contributed by atoms with Gasteiger partial charge in [0.05, 0.1) is 22.3 Å². The zero-order chi connectivity index (χ0) is 18.5. The van der Waals surface area contributed by atoms with E-state index in [1.807, 2.05) is 18.2 Å². The van der Waals surface area contributed by atoms with Gasteiger partial charge in [-0.2, -0.15) is 0 Å². The number of carbonyl (C=O) groups excluding carboxylic acids is 1. The summed E-state index contributed by atoms with van der Waals surface area (Å²) in [5, 5.41) is 17.3. The van der Waals surface area contributed by atoms with E-state index in [1.165, 1.54) is 18.2 Å². The summed E-state index contributed by atoms with van der Waals surface area (Å²) >= 11 is 6.05. The number of halogens is 1. The minimum atomic E-state index is -0.463. The van der Waals surface area contributed by atoms with Crippen molar-refractivity contribution in [3.63, 3.8) is 0 Å². The van der Waals surface area contributed by atoms with Crippen LogP contribution < -0.4 is 10.6 Å². The van der Waals surface area contributed by atoms with Crippen LogP contribution in [0.25, 0.3) is 6.08 Å². The van der Waals surface area contributed by atoms with Crippen molar-refractivity contribution in [3.8, 4) is 0 Å². The Morgan fingerprint density at radius 2 is 2.15 bits per heavy atom. The molecule has 1 atom stereocenters. The summed E-state index contributed by atoms with van der Waals surface area (Å²) in [5.41, 5.74) is 1.87. The lowest BCUT2D eigenvalue weighted by atomic mass is 10.2. The van der Waals surface area contributed by atoms with Crippen LogP contribution in [0.5, 0.6) is 0 Å². The molecule has 2 aromatic carbocycles. The number of benzene rings is 2. The number of nitrogens with zero attached hydrogens (tertiary/aromatic N) is 2. The van der Waals surface area contributed by atoms with Gasteiger partial charge < -0.3 is 10.6 Å². The lowest BCUT2D eigenvalue weighted by Crippen LogP contribution is -2.39. The number of anilines is 1. The molecular weight excluding hydrogens is 356 g/mol. The number of amides is 1. The van der Waals surface area contributed by atoms with Crippen LogP contribution in [0.4, 0.5) is 17.1 Å². The van der Waals surface area contributed by atoms with Crippen molar-refractivity contribution in [3.05, 3.63) is 69.2 Å². The molecule has 7 nitrogen and oxygen atoms in total. The van der Waals surface area contributed by atoms with Gasteiger partial charge in [-0.3, -0.25) is 19.9 Å². The van der Waals surface area contributed by atoms with Crippen molar-refractivity contribution in [2.45, 2.75) is 6.04 Å². The van der Waals surface area contributed by atoms with Gasteiger partial charge in [0.2, 0.25) is 5.91 Å². The zero-order valence-corrected chi connectivity index (χ0v) is 14.3. The molecule has 3 rings (SSSR count). The van der Waals surface area contributed by atoms with Gasteiger partial charge in [0.25, 0.3) is 5.69 Å². The van der Waals surface area contributed by atoms with Crippen molar-refractivity contribution in [2.24, 2.45) is 4.99 Å². The maximum atomic E-state index is 12.1. The first-order valence-electron chi connectivity index (χ1n) is 7.82. The third kappa shape index (κ3) is 4.25. The predicted molar refractivity (Wildman–Crippen MR) is 102 cm³/mol. The second-order valence-corrected chi connectivity index (χ2v) is 5.99. The van der Waals surface area contributed by atoms with Gasteiger partial charge >= 0.3 is 0 Å². The Balaban J connectivity index is 1.64. The second kappa shape index (κ2) is 7.79. The summed E-state index contributed by atoms with van der Waals surface area (Å²) in [4.78, 5) is 26.8. The van der Waals surface area contributed by atoms with Gasteiger partial charge in [-0.1, -0.05) is 29.8 Å². The van der Waals surface area contributed by atoms with Crippen molar-refractivity contribution in [1.82, 2.24) is 5.32 Å². The van der Waals surface area contributed by atoms with Crippen molar-refractivity contribution in [2.75, 3.05) is 11.9 Å². The fourth-order valence-corrected chi connectivity index (χ4v) is 2.63. The Kier molecular flexibility index (Phi) is 5.28. The average Bonchev–Trinajstić information content (AvgIpc) is 2.83. The summed E-state index contributed by atoms with van der Waals surface area (Å²) in [6, 6.07) is 11.2. The van der Waals surface area contributed by atoms with Crippen LogP contribution >= 0.6 is 11.6 Å². The van der Waals surface area contributed by atoms with Gasteiger partial charge in [-0.05, 0) is 23.8 Å². The highest BCUT2D eigenvalue weighted by atomic mass is 35.5. The maximum Gasteiger partial charge on any atom is 0.271 e. The first kappa shape index (κ1) is 17.6. The zero-order valence-electron chi connectivity index (χ0n) is 13.6.